The fourth-order valence-electron chi connectivity index (χ4n) is 2.69. The van der Waals surface area contributed by atoms with Gasteiger partial charge in [0.1, 0.15) is 11.8 Å². The summed E-state index contributed by atoms with van der Waals surface area (Å²) in [7, 11) is 1.54. The van der Waals surface area contributed by atoms with Gasteiger partial charge in [-0.25, -0.2) is 0 Å². The van der Waals surface area contributed by atoms with Gasteiger partial charge in [-0.3, -0.25) is 9.59 Å². The number of halogens is 1. The largest absolute Gasteiger partial charge is 0.480 e. The van der Waals surface area contributed by atoms with E-state index in [1.807, 2.05) is 18.2 Å². The first-order valence-corrected chi connectivity index (χ1v) is 7.98. The first-order valence-electron chi connectivity index (χ1n) is 7.60. The summed E-state index contributed by atoms with van der Waals surface area (Å²) in [6.45, 7) is 0. The van der Waals surface area contributed by atoms with E-state index < -0.39 is 12.1 Å². The molecular weight excluding hydrogens is 328 g/mol. The van der Waals surface area contributed by atoms with Crippen LogP contribution in [0.25, 0.3) is 0 Å². The molecule has 0 bridgehead atoms. The maximum absolute atomic E-state index is 12.6. The molecule has 5 nitrogen and oxygen atoms in total. The van der Waals surface area contributed by atoms with Crippen molar-refractivity contribution in [3.63, 3.8) is 0 Å². The summed E-state index contributed by atoms with van der Waals surface area (Å²) < 4.78 is 5.67. The highest BCUT2D eigenvalue weighted by molar-refractivity contribution is 6.30. The van der Waals surface area contributed by atoms with Gasteiger partial charge in [0, 0.05) is 18.5 Å². The van der Waals surface area contributed by atoms with Crippen molar-refractivity contribution in [1.29, 1.82) is 0 Å². The molecule has 0 spiro atoms. The minimum Gasteiger partial charge on any atom is -0.480 e. The number of fused-ring (bicyclic) bond motifs is 1. The van der Waals surface area contributed by atoms with E-state index in [0.717, 1.165) is 5.56 Å². The van der Waals surface area contributed by atoms with Gasteiger partial charge in [0.2, 0.25) is 5.91 Å². The fraction of sp³-hybridized carbons (Fsp3) is 0.222. The normalized spacial score (nSPS) is 16.7. The molecular formula is C18H17ClN2O3. The average Bonchev–Trinajstić information content (AvgIpc) is 3.02. The van der Waals surface area contributed by atoms with Gasteiger partial charge in [-0.15, -0.1) is 0 Å². The fourth-order valence-corrected chi connectivity index (χ4v) is 2.88. The number of carbonyl (C=O) groups is 2. The zero-order chi connectivity index (χ0) is 17.1. The van der Waals surface area contributed by atoms with Gasteiger partial charge in [0.15, 0.2) is 6.10 Å². The maximum atomic E-state index is 12.6. The lowest BCUT2D eigenvalue weighted by atomic mass is 10.0. The lowest BCUT2D eigenvalue weighted by Crippen LogP contribution is -2.44. The number of amides is 2. The van der Waals surface area contributed by atoms with Crippen LogP contribution in [0.5, 0.6) is 5.75 Å². The molecule has 3 rings (SSSR count). The van der Waals surface area contributed by atoms with Gasteiger partial charge in [-0.1, -0.05) is 41.9 Å². The summed E-state index contributed by atoms with van der Waals surface area (Å²) in [5.74, 6) is 0.0311. The molecule has 2 amide bonds. The molecule has 6 heteroatoms. The SMILES string of the molecule is CNC(=O)[C@H](NC(=O)[C@H]1Cc2cc(Cl)ccc2O1)c1ccccc1. The van der Waals surface area contributed by atoms with E-state index in [4.69, 9.17) is 16.3 Å². The summed E-state index contributed by atoms with van der Waals surface area (Å²) in [5, 5.41) is 5.94. The Morgan fingerprint density at radius 2 is 1.96 bits per heavy atom. The number of ether oxygens (including phenoxy) is 1. The van der Waals surface area contributed by atoms with E-state index in [0.29, 0.717) is 22.8 Å². The second-order valence-electron chi connectivity index (χ2n) is 5.53. The molecule has 0 aromatic heterocycles. The molecule has 0 aliphatic carbocycles. The molecule has 2 aromatic rings. The van der Waals surface area contributed by atoms with E-state index in [9.17, 15) is 9.59 Å². The molecule has 0 fully saturated rings. The Bertz CT molecular complexity index is 764. The quantitative estimate of drug-likeness (QED) is 0.894. The average molecular weight is 345 g/mol. The third-order valence-corrected chi connectivity index (χ3v) is 4.15. The Morgan fingerprint density at radius 3 is 2.67 bits per heavy atom. The van der Waals surface area contributed by atoms with E-state index in [1.165, 1.54) is 7.05 Å². The lowest BCUT2D eigenvalue weighted by Gasteiger charge is -2.20. The Morgan fingerprint density at radius 1 is 1.21 bits per heavy atom. The highest BCUT2D eigenvalue weighted by Gasteiger charge is 2.32. The van der Waals surface area contributed by atoms with Crippen molar-refractivity contribution in [2.75, 3.05) is 7.05 Å². The Hall–Kier alpha value is -2.53. The molecule has 24 heavy (non-hydrogen) atoms. The number of carbonyl (C=O) groups excluding carboxylic acids is 2. The second-order valence-corrected chi connectivity index (χ2v) is 5.97. The maximum Gasteiger partial charge on any atom is 0.262 e. The molecule has 1 aliphatic rings. The van der Waals surface area contributed by atoms with E-state index in [-0.39, 0.29) is 11.8 Å². The van der Waals surface area contributed by atoms with Crippen molar-refractivity contribution < 1.29 is 14.3 Å². The smallest absolute Gasteiger partial charge is 0.262 e. The molecule has 0 unspecified atom stereocenters. The highest BCUT2D eigenvalue weighted by atomic mass is 35.5. The van der Waals surface area contributed by atoms with Crippen LogP contribution in [0.1, 0.15) is 17.2 Å². The van der Waals surface area contributed by atoms with Gasteiger partial charge in [0.05, 0.1) is 0 Å². The summed E-state index contributed by atoms with van der Waals surface area (Å²) >= 11 is 5.97. The highest BCUT2D eigenvalue weighted by Crippen LogP contribution is 2.31. The Labute approximate surface area is 145 Å². The zero-order valence-electron chi connectivity index (χ0n) is 13.1. The van der Waals surface area contributed by atoms with Gasteiger partial charge >= 0.3 is 0 Å². The molecule has 1 heterocycles. The van der Waals surface area contributed by atoms with Crippen LogP contribution < -0.4 is 15.4 Å². The van der Waals surface area contributed by atoms with Gasteiger partial charge < -0.3 is 15.4 Å². The van der Waals surface area contributed by atoms with Crippen LogP contribution in [-0.4, -0.2) is 25.0 Å². The van der Waals surface area contributed by atoms with E-state index in [2.05, 4.69) is 10.6 Å². The van der Waals surface area contributed by atoms with Gasteiger partial charge in [0.25, 0.3) is 5.91 Å². The molecule has 0 saturated heterocycles. The number of likely N-dealkylation sites (N-methyl/N-ethyl adjacent to an activating group) is 1. The summed E-state index contributed by atoms with van der Waals surface area (Å²) in [5.41, 5.74) is 1.60. The number of hydrogen-bond donors (Lipinski definition) is 2. The summed E-state index contributed by atoms with van der Waals surface area (Å²) in [6.07, 6.45) is -0.244. The zero-order valence-corrected chi connectivity index (χ0v) is 13.8. The van der Waals surface area contributed by atoms with Crippen molar-refractivity contribution in [2.24, 2.45) is 0 Å². The van der Waals surface area contributed by atoms with Gasteiger partial charge in [-0.05, 0) is 29.3 Å². The van der Waals surface area contributed by atoms with Crippen molar-refractivity contribution in [3.05, 3.63) is 64.7 Å². The Kier molecular flexibility index (Phi) is 4.71. The third-order valence-electron chi connectivity index (χ3n) is 3.92. The number of rotatable bonds is 4. The van der Waals surface area contributed by atoms with Crippen LogP contribution in [0, 0.1) is 0 Å². The predicted molar refractivity (Wildman–Crippen MR) is 91.0 cm³/mol. The van der Waals surface area contributed by atoms with Crippen LogP contribution in [0.2, 0.25) is 5.02 Å². The molecule has 1 aliphatic heterocycles. The lowest BCUT2D eigenvalue weighted by molar-refractivity contribution is -0.132. The predicted octanol–water partition coefficient (Wildman–Crippen LogP) is 2.25. The molecule has 0 saturated carbocycles. The number of nitrogens with one attached hydrogen (secondary N) is 2. The standard InChI is InChI=1S/C18H17ClN2O3/c1-20-18(23)16(11-5-3-2-4-6-11)21-17(22)15-10-12-9-13(19)7-8-14(12)24-15/h2-9,15-16H,10H2,1H3,(H,20,23)(H,21,22)/t15-,16-/m1/s1. The molecule has 124 valence electrons. The summed E-state index contributed by atoms with van der Waals surface area (Å²) in [6, 6.07) is 13.6. The van der Waals surface area contributed by atoms with Gasteiger partial charge in [-0.2, -0.15) is 0 Å². The van der Waals surface area contributed by atoms with E-state index >= 15 is 0 Å². The first-order chi connectivity index (χ1) is 11.6. The van der Waals surface area contributed by atoms with Crippen molar-refractivity contribution >= 4 is 23.4 Å². The first kappa shape index (κ1) is 16.3. The third kappa shape index (κ3) is 3.36. The van der Waals surface area contributed by atoms with Crippen LogP contribution in [0.3, 0.4) is 0 Å². The van der Waals surface area contributed by atoms with Crippen molar-refractivity contribution in [1.82, 2.24) is 10.6 Å². The Balaban J connectivity index is 1.74. The monoisotopic (exact) mass is 344 g/mol. The van der Waals surface area contributed by atoms with Crippen LogP contribution in [-0.2, 0) is 16.0 Å². The minimum absolute atomic E-state index is 0.284. The number of benzene rings is 2. The van der Waals surface area contributed by atoms with Crippen LogP contribution >= 0.6 is 11.6 Å². The molecule has 2 N–H and O–H groups in total. The minimum atomic E-state index is -0.764. The number of hydrogen-bond acceptors (Lipinski definition) is 3. The van der Waals surface area contributed by atoms with Crippen molar-refractivity contribution in [2.45, 2.75) is 18.6 Å². The topological polar surface area (TPSA) is 67.4 Å². The van der Waals surface area contributed by atoms with Crippen LogP contribution in [0.4, 0.5) is 0 Å². The summed E-state index contributed by atoms with van der Waals surface area (Å²) in [4.78, 5) is 24.7. The second kappa shape index (κ2) is 6.93. The molecule has 2 atom stereocenters. The van der Waals surface area contributed by atoms with Crippen LogP contribution in [0.15, 0.2) is 48.5 Å². The molecule has 2 aromatic carbocycles. The van der Waals surface area contributed by atoms with E-state index in [1.54, 1.807) is 30.3 Å². The van der Waals surface area contributed by atoms with Crippen molar-refractivity contribution in [3.8, 4) is 5.75 Å². The molecule has 0 radical (unpaired) electrons.